The lowest BCUT2D eigenvalue weighted by molar-refractivity contribution is -0.137. The lowest BCUT2D eigenvalue weighted by Crippen LogP contribution is -2.17. The Morgan fingerprint density at radius 3 is 2.35 bits per heavy atom. The summed E-state index contributed by atoms with van der Waals surface area (Å²) in [5, 5.41) is 0. The van der Waals surface area contributed by atoms with Crippen LogP contribution < -0.4 is 16.2 Å². The van der Waals surface area contributed by atoms with Crippen LogP contribution in [0.3, 0.4) is 0 Å². The van der Waals surface area contributed by atoms with Crippen LogP contribution in [0.2, 0.25) is 0 Å². The van der Waals surface area contributed by atoms with E-state index in [9.17, 15) is 13.2 Å². The van der Waals surface area contributed by atoms with E-state index < -0.39 is 11.7 Å². The molecule has 0 spiro atoms. The van der Waals surface area contributed by atoms with Crippen LogP contribution in [0, 0.1) is 0 Å². The van der Waals surface area contributed by atoms with Crippen molar-refractivity contribution in [1.82, 2.24) is 4.98 Å². The van der Waals surface area contributed by atoms with Gasteiger partial charge in [0.1, 0.15) is 11.6 Å². The van der Waals surface area contributed by atoms with Crippen LogP contribution in [0.25, 0.3) is 0 Å². The Morgan fingerprint density at radius 1 is 1.15 bits per heavy atom. The Labute approximate surface area is 114 Å². The minimum Gasteiger partial charge on any atom is -0.329 e. The van der Waals surface area contributed by atoms with Gasteiger partial charge in [0.2, 0.25) is 0 Å². The Bertz CT molecular complexity index is 584. The van der Waals surface area contributed by atoms with E-state index >= 15 is 0 Å². The number of para-hydroxylation sites is 1. The average Bonchev–Trinajstić information content (AvgIpc) is 2.46. The van der Waals surface area contributed by atoms with Crippen LogP contribution >= 0.6 is 0 Å². The van der Waals surface area contributed by atoms with E-state index in [0.717, 1.165) is 17.8 Å². The first-order chi connectivity index (χ1) is 9.41. The molecular formula is C13H13F3N4. The van der Waals surface area contributed by atoms with Crippen LogP contribution in [0.1, 0.15) is 5.56 Å². The third-order valence-corrected chi connectivity index (χ3v) is 2.77. The second kappa shape index (κ2) is 5.38. The molecule has 0 bridgehead atoms. The highest BCUT2D eigenvalue weighted by Crippen LogP contribution is 2.33. The van der Waals surface area contributed by atoms with E-state index in [-0.39, 0.29) is 11.6 Å². The van der Waals surface area contributed by atoms with Gasteiger partial charge in [-0.05, 0) is 24.3 Å². The van der Waals surface area contributed by atoms with Gasteiger partial charge in [0.05, 0.1) is 5.56 Å². The number of pyridine rings is 1. The predicted molar refractivity (Wildman–Crippen MR) is 71.6 cm³/mol. The van der Waals surface area contributed by atoms with Gasteiger partial charge >= 0.3 is 6.18 Å². The number of nitrogen functional groups attached to an aromatic ring is 1. The lowest BCUT2D eigenvalue weighted by Gasteiger charge is -2.20. The van der Waals surface area contributed by atoms with Gasteiger partial charge < -0.3 is 10.3 Å². The Hall–Kier alpha value is -2.28. The van der Waals surface area contributed by atoms with Gasteiger partial charge in [0.25, 0.3) is 0 Å². The number of nitrogens with one attached hydrogen (secondary N) is 1. The summed E-state index contributed by atoms with van der Waals surface area (Å²) in [7, 11) is 1.64. The molecule has 7 heteroatoms. The number of hydrogen-bond donors (Lipinski definition) is 2. The summed E-state index contributed by atoms with van der Waals surface area (Å²) in [6, 6.07) is 10.8. The molecule has 2 aromatic rings. The highest BCUT2D eigenvalue weighted by atomic mass is 19.4. The molecule has 2 rings (SSSR count). The fraction of sp³-hybridized carbons (Fsp3) is 0.154. The van der Waals surface area contributed by atoms with E-state index in [1.807, 2.05) is 6.07 Å². The molecule has 0 amide bonds. The van der Waals surface area contributed by atoms with Gasteiger partial charge in [-0.15, -0.1) is 0 Å². The molecule has 0 aliphatic rings. The molecule has 0 fully saturated rings. The average molecular weight is 282 g/mol. The molecule has 0 aliphatic heterocycles. The van der Waals surface area contributed by atoms with Crippen molar-refractivity contribution in [2.24, 2.45) is 5.84 Å². The quantitative estimate of drug-likeness (QED) is 0.670. The minimum absolute atomic E-state index is 0.0439. The summed E-state index contributed by atoms with van der Waals surface area (Å²) in [4.78, 5) is 5.58. The third kappa shape index (κ3) is 3.00. The molecule has 106 valence electrons. The molecule has 0 atom stereocenters. The van der Waals surface area contributed by atoms with Crippen LogP contribution in [0.4, 0.5) is 30.5 Å². The summed E-state index contributed by atoms with van der Waals surface area (Å²) in [5.74, 6) is 5.28. The highest BCUT2D eigenvalue weighted by Gasteiger charge is 2.32. The molecule has 20 heavy (non-hydrogen) atoms. The molecule has 0 radical (unpaired) electrons. The summed E-state index contributed by atoms with van der Waals surface area (Å²) >= 11 is 0. The zero-order valence-electron chi connectivity index (χ0n) is 10.6. The normalized spacial score (nSPS) is 11.2. The molecule has 1 heterocycles. The van der Waals surface area contributed by atoms with Gasteiger partial charge in [-0.2, -0.15) is 13.2 Å². The zero-order valence-corrected chi connectivity index (χ0v) is 10.6. The topological polar surface area (TPSA) is 54.2 Å². The summed E-state index contributed by atoms with van der Waals surface area (Å²) in [5.41, 5.74) is 2.07. The largest absolute Gasteiger partial charge is 0.416 e. The van der Waals surface area contributed by atoms with E-state index in [1.165, 1.54) is 0 Å². The Kier molecular flexibility index (Phi) is 3.80. The van der Waals surface area contributed by atoms with Crippen molar-refractivity contribution in [3.05, 3.63) is 48.0 Å². The second-order valence-corrected chi connectivity index (χ2v) is 4.14. The van der Waals surface area contributed by atoms with E-state index in [2.05, 4.69) is 10.4 Å². The van der Waals surface area contributed by atoms with Crippen LogP contribution in [0.15, 0.2) is 42.5 Å². The standard InChI is InChI=1S/C13H13F3N4/c1-20(10-5-3-2-4-6-10)12-8-9(13(14,15)16)7-11(18-12)19-17/h2-8H,17H2,1H3,(H,18,19). The number of hydrogen-bond acceptors (Lipinski definition) is 4. The van der Waals surface area contributed by atoms with Crippen LogP contribution in [-0.2, 0) is 6.18 Å². The van der Waals surface area contributed by atoms with Gasteiger partial charge in [-0.3, -0.25) is 0 Å². The van der Waals surface area contributed by atoms with Crippen LogP contribution in [-0.4, -0.2) is 12.0 Å². The first-order valence-electron chi connectivity index (χ1n) is 5.76. The first kappa shape index (κ1) is 14.1. The Balaban J connectivity index is 2.46. The molecule has 0 aliphatic carbocycles. The first-order valence-corrected chi connectivity index (χ1v) is 5.76. The SMILES string of the molecule is CN(c1ccccc1)c1cc(C(F)(F)F)cc(NN)n1. The number of halogens is 3. The van der Waals surface area contributed by atoms with Crippen molar-refractivity contribution < 1.29 is 13.2 Å². The van der Waals surface area contributed by atoms with Gasteiger partial charge in [0.15, 0.2) is 0 Å². The number of hydrazine groups is 1. The smallest absolute Gasteiger partial charge is 0.329 e. The summed E-state index contributed by atoms with van der Waals surface area (Å²) in [6.45, 7) is 0. The van der Waals surface area contributed by atoms with Crippen molar-refractivity contribution in [2.75, 3.05) is 17.4 Å². The molecule has 0 saturated heterocycles. The summed E-state index contributed by atoms with van der Waals surface area (Å²) < 4.78 is 38.5. The van der Waals surface area contributed by atoms with Gasteiger partial charge in [-0.25, -0.2) is 10.8 Å². The van der Waals surface area contributed by atoms with Crippen molar-refractivity contribution in [1.29, 1.82) is 0 Å². The van der Waals surface area contributed by atoms with E-state index in [1.54, 1.807) is 36.2 Å². The van der Waals surface area contributed by atoms with E-state index in [0.29, 0.717) is 0 Å². The lowest BCUT2D eigenvalue weighted by atomic mass is 10.2. The number of rotatable bonds is 3. The monoisotopic (exact) mass is 282 g/mol. The second-order valence-electron chi connectivity index (χ2n) is 4.14. The van der Waals surface area contributed by atoms with Crippen molar-refractivity contribution >= 4 is 17.3 Å². The Morgan fingerprint density at radius 2 is 1.80 bits per heavy atom. The van der Waals surface area contributed by atoms with E-state index in [4.69, 9.17) is 5.84 Å². The third-order valence-electron chi connectivity index (χ3n) is 2.77. The number of aromatic nitrogens is 1. The molecule has 0 unspecified atom stereocenters. The minimum atomic E-state index is -4.46. The van der Waals surface area contributed by atoms with Crippen molar-refractivity contribution in [3.63, 3.8) is 0 Å². The zero-order chi connectivity index (χ0) is 14.8. The highest BCUT2D eigenvalue weighted by molar-refractivity contribution is 5.61. The maximum atomic E-state index is 12.8. The summed E-state index contributed by atoms with van der Waals surface area (Å²) in [6.07, 6.45) is -4.46. The number of nitrogens with two attached hydrogens (primary N) is 1. The molecular weight excluding hydrogens is 269 g/mol. The number of nitrogens with zero attached hydrogens (tertiary/aromatic N) is 2. The van der Waals surface area contributed by atoms with Gasteiger partial charge in [0, 0.05) is 12.7 Å². The van der Waals surface area contributed by atoms with Crippen molar-refractivity contribution in [2.45, 2.75) is 6.18 Å². The van der Waals surface area contributed by atoms with Crippen molar-refractivity contribution in [3.8, 4) is 0 Å². The molecule has 0 saturated carbocycles. The van der Waals surface area contributed by atoms with Crippen LogP contribution in [0.5, 0.6) is 0 Å². The maximum absolute atomic E-state index is 12.8. The number of benzene rings is 1. The molecule has 1 aromatic heterocycles. The fourth-order valence-electron chi connectivity index (χ4n) is 1.71. The maximum Gasteiger partial charge on any atom is 0.416 e. The van der Waals surface area contributed by atoms with Gasteiger partial charge in [-0.1, -0.05) is 18.2 Å². The predicted octanol–water partition coefficient (Wildman–Crippen LogP) is 3.15. The number of alkyl halides is 3. The molecule has 3 N–H and O–H groups in total. The molecule has 4 nitrogen and oxygen atoms in total. The fourth-order valence-corrected chi connectivity index (χ4v) is 1.71. The molecule has 1 aromatic carbocycles. The number of anilines is 3.